The zero-order valence-electron chi connectivity index (χ0n) is 15.7. The highest BCUT2D eigenvalue weighted by molar-refractivity contribution is 5.76. The molecule has 0 aliphatic heterocycles. The van der Waals surface area contributed by atoms with Crippen LogP contribution in [0.5, 0.6) is 0 Å². The molecule has 2 heterocycles. The fraction of sp³-hybridized carbons (Fsp3) is 0.364. The average molecular weight is 346 g/mol. The predicted molar refractivity (Wildman–Crippen MR) is 107 cm³/mol. The van der Waals surface area contributed by atoms with E-state index in [4.69, 9.17) is 9.97 Å². The summed E-state index contributed by atoms with van der Waals surface area (Å²) in [4.78, 5) is 9.68. The Bertz CT molecular complexity index is 941. The maximum absolute atomic E-state index is 4.84. The van der Waals surface area contributed by atoms with Crippen LogP contribution in [0.25, 0.3) is 22.1 Å². The highest BCUT2D eigenvalue weighted by Crippen LogP contribution is 2.20. The number of unbranched alkanes of at least 4 members (excludes halogenated alkanes) is 1. The van der Waals surface area contributed by atoms with Gasteiger partial charge < -0.3 is 9.13 Å². The summed E-state index contributed by atoms with van der Waals surface area (Å²) < 4.78 is 4.69. The molecule has 0 aliphatic rings. The Morgan fingerprint density at radius 2 is 1.08 bits per heavy atom. The molecule has 0 fully saturated rings. The monoisotopic (exact) mass is 346 g/mol. The lowest BCUT2D eigenvalue weighted by molar-refractivity contribution is 0.628. The molecule has 4 rings (SSSR count). The van der Waals surface area contributed by atoms with Crippen molar-refractivity contribution in [2.75, 3.05) is 0 Å². The van der Waals surface area contributed by atoms with Gasteiger partial charge in [-0.3, -0.25) is 0 Å². The summed E-state index contributed by atoms with van der Waals surface area (Å²) in [6.45, 7) is 6.34. The fourth-order valence-electron chi connectivity index (χ4n) is 3.90. The third kappa shape index (κ3) is 3.00. The van der Waals surface area contributed by atoms with Crippen molar-refractivity contribution in [1.29, 1.82) is 0 Å². The Kier molecular flexibility index (Phi) is 4.74. The molecule has 0 spiro atoms. The molecule has 0 atom stereocenters. The van der Waals surface area contributed by atoms with Gasteiger partial charge in [-0.15, -0.1) is 0 Å². The second-order valence-corrected chi connectivity index (χ2v) is 6.73. The lowest BCUT2D eigenvalue weighted by Gasteiger charge is -2.07. The molecule has 0 saturated carbocycles. The van der Waals surface area contributed by atoms with Gasteiger partial charge in [-0.2, -0.15) is 0 Å². The Labute approximate surface area is 154 Å². The van der Waals surface area contributed by atoms with E-state index >= 15 is 0 Å². The second kappa shape index (κ2) is 7.32. The Morgan fingerprint density at radius 1 is 0.654 bits per heavy atom. The number of fused-ring (bicyclic) bond motifs is 2. The number of aromatic nitrogens is 4. The van der Waals surface area contributed by atoms with E-state index in [2.05, 4.69) is 71.5 Å². The van der Waals surface area contributed by atoms with Crippen molar-refractivity contribution in [3.8, 4) is 0 Å². The minimum absolute atomic E-state index is 0.974. The first-order valence-corrected chi connectivity index (χ1v) is 9.70. The first kappa shape index (κ1) is 16.8. The molecule has 0 saturated heterocycles. The van der Waals surface area contributed by atoms with Crippen molar-refractivity contribution >= 4 is 22.1 Å². The molecule has 0 amide bonds. The number of para-hydroxylation sites is 4. The summed E-state index contributed by atoms with van der Waals surface area (Å²) in [5, 5.41) is 0. The first-order chi connectivity index (χ1) is 12.8. The fourth-order valence-corrected chi connectivity index (χ4v) is 3.90. The molecule has 2 aromatic carbocycles. The smallest absolute Gasteiger partial charge is 0.109 e. The molecule has 4 aromatic rings. The van der Waals surface area contributed by atoms with E-state index in [0.717, 1.165) is 49.8 Å². The van der Waals surface area contributed by atoms with Gasteiger partial charge in [0.15, 0.2) is 0 Å². The van der Waals surface area contributed by atoms with E-state index in [1.807, 2.05) is 0 Å². The molecular formula is C22H26N4. The van der Waals surface area contributed by atoms with Gasteiger partial charge in [0.2, 0.25) is 0 Å². The van der Waals surface area contributed by atoms with Gasteiger partial charge in [-0.05, 0) is 51.0 Å². The maximum atomic E-state index is 4.84. The number of benzene rings is 2. The van der Waals surface area contributed by atoms with Gasteiger partial charge in [0.25, 0.3) is 0 Å². The Morgan fingerprint density at radius 3 is 1.50 bits per heavy atom. The lowest BCUT2D eigenvalue weighted by atomic mass is 10.2. The largest absolute Gasteiger partial charge is 0.328 e. The minimum atomic E-state index is 0.974. The molecule has 0 unspecified atom stereocenters. The van der Waals surface area contributed by atoms with E-state index in [9.17, 15) is 0 Å². The van der Waals surface area contributed by atoms with Gasteiger partial charge in [-0.1, -0.05) is 24.3 Å². The summed E-state index contributed by atoms with van der Waals surface area (Å²) in [7, 11) is 0. The van der Waals surface area contributed by atoms with Gasteiger partial charge in [0.1, 0.15) is 11.6 Å². The molecule has 0 N–H and O–H groups in total. The second-order valence-electron chi connectivity index (χ2n) is 6.73. The van der Waals surface area contributed by atoms with Crippen molar-refractivity contribution in [2.45, 2.75) is 52.6 Å². The molecule has 0 aliphatic carbocycles. The number of imidazole rings is 2. The van der Waals surface area contributed by atoms with E-state index in [1.165, 1.54) is 22.7 Å². The number of nitrogens with zero attached hydrogens (tertiary/aromatic N) is 4. The van der Waals surface area contributed by atoms with Crippen molar-refractivity contribution in [2.24, 2.45) is 0 Å². The van der Waals surface area contributed by atoms with Crippen molar-refractivity contribution in [1.82, 2.24) is 19.1 Å². The van der Waals surface area contributed by atoms with Crippen molar-refractivity contribution < 1.29 is 0 Å². The van der Waals surface area contributed by atoms with Crippen LogP contribution < -0.4 is 0 Å². The zero-order chi connectivity index (χ0) is 17.9. The lowest BCUT2D eigenvalue weighted by Crippen LogP contribution is -2.04. The van der Waals surface area contributed by atoms with E-state index in [1.54, 1.807) is 0 Å². The molecule has 4 nitrogen and oxygen atoms in total. The summed E-state index contributed by atoms with van der Waals surface area (Å²) in [6.07, 6.45) is 4.32. The zero-order valence-corrected chi connectivity index (χ0v) is 15.7. The van der Waals surface area contributed by atoms with E-state index < -0.39 is 0 Å². The molecular weight excluding hydrogens is 320 g/mol. The normalized spacial score (nSPS) is 11.6. The van der Waals surface area contributed by atoms with Gasteiger partial charge >= 0.3 is 0 Å². The highest BCUT2D eigenvalue weighted by Gasteiger charge is 2.11. The molecule has 2 aromatic heterocycles. The maximum Gasteiger partial charge on any atom is 0.109 e. The molecule has 4 heteroatoms. The quantitative estimate of drug-likeness (QED) is 0.442. The summed E-state index contributed by atoms with van der Waals surface area (Å²) in [6, 6.07) is 16.9. The first-order valence-electron chi connectivity index (χ1n) is 9.70. The number of rotatable bonds is 7. The average Bonchev–Trinajstić information content (AvgIpc) is 3.22. The van der Waals surface area contributed by atoms with E-state index in [0.29, 0.717) is 0 Å². The van der Waals surface area contributed by atoms with Crippen LogP contribution in [0.3, 0.4) is 0 Å². The highest BCUT2D eigenvalue weighted by atomic mass is 15.1. The number of hydrogen-bond donors (Lipinski definition) is 0. The summed E-state index contributed by atoms with van der Waals surface area (Å²) in [5.74, 6) is 2.41. The van der Waals surface area contributed by atoms with Crippen LogP contribution in [-0.2, 0) is 25.9 Å². The SMILES string of the molecule is CCn1c(CCCCc2nc3ccccc3n2CC)nc2ccccc21. The number of hydrogen-bond acceptors (Lipinski definition) is 2. The van der Waals surface area contributed by atoms with Gasteiger partial charge in [0.05, 0.1) is 22.1 Å². The van der Waals surface area contributed by atoms with Gasteiger partial charge in [-0.25, -0.2) is 9.97 Å². The summed E-state index contributed by atoms with van der Waals surface area (Å²) >= 11 is 0. The van der Waals surface area contributed by atoms with Crippen LogP contribution in [-0.4, -0.2) is 19.1 Å². The Hall–Kier alpha value is -2.62. The summed E-state index contributed by atoms with van der Waals surface area (Å²) in [5.41, 5.74) is 4.71. The van der Waals surface area contributed by atoms with Crippen LogP contribution in [0.2, 0.25) is 0 Å². The van der Waals surface area contributed by atoms with Gasteiger partial charge in [0, 0.05) is 25.9 Å². The minimum Gasteiger partial charge on any atom is -0.328 e. The topological polar surface area (TPSA) is 35.6 Å². The molecule has 26 heavy (non-hydrogen) atoms. The third-order valence-electron chi connectivity index (χ3n) is 5.15. The van der Waals surface area contributed by atoms with Crippen LogP contribution in [0.15, 0.2) is 48.5 Å². The number of aryl methyl sites for hydroxylation is 4. The van der Waals surface area contributed by atoms with Crippen LogP contribution >= 0.6 is 0 Å². The van der Waals surface area contributed by atoms with Crippen molar-refractivity contribution in [3.63, 3.8) is 0 Å². The molecule has 0 bridgehead atoms. The van der Waals surface area contributed by atoms with Crippen molar-refractivity contribution in [3.05, 3.63) is 60.2 Å². The standard InChI is InChI=1S/C22H26N4/c1-3-25-19-13-7-5-11-17(19)23-21(25)15-9-10-16-22-24-18-12-6-8-14-20(18)26(22)4-2/h5-8,11-14H,3-4,9-10,15-16H2,1-2H3. The third-order valence-corrected chi connectivity index (χ3v) is 5.15. The predicted octanol–water partition coefficient (Wildman–Crippen LogP) is 4.99. The molecule has 134 valence electrons. The van der Waals surface area contributed by atoms with E-state index in [-0.39, 0.29) is 0 Å². The molecule has 0 radical (unpaired) electrons. The Balaban J connectivity index is 1.45. The van der Waals surface area contributed by atoms with Crippen LogP contribution in [0, 0.1) is 0 Å². The van der Waals surface area contributed by atoms with Crippen LogP contribution in [0.1, 0.15) is 38.3 Å². The van der Waals surface area contributed by atoms with Crippen LogP contribution in [0.4, 0.5) is 0 Å².